The molecule has 1 heterocycles. The molecule has 0 unspecified atom stereocenters. The van der Waals surface area contributed by atoms with Gasteiger partial charge in [-0.3, -0.25) is 14.9 Å². The molecular formula is C20H21N3O4. The summed E-state index contributed by atoms with van der Waals surface area (Å²) in [5.74, 6) is 1.30. The maximum absolute atomic E-state index is 12.4. The number of carbonyl (C=O) groups excluding carboxylic acids is 1. The predicted octanol–water partition coefficient (Wildman–Crippen LogP) is 4.13. The van der Waals surface area contributed by atoms with Gasteiger partial charge in [-0.15, -0.1) is 0 Å². The molecule has 2 fully saturated rings. The number of amides is 1. The molecule has 0 aliphatic heterocycles. The Kier molecular flexibility index (Phi) is 4.30. The minimum atomic E-state index is -0.443. The number of benzene rings is 1. The third-order valence-corrected chi connectivity index (χ3v) is 5.97. The number of rotatable bonds is 5. The summed E-state index contributed by atoms with van der Waals surface area (Å²) in [5.41, 5.74) is 3.14. The Hall–Kier alpha value is -2.96. The van der Waals surface area contributed by atoms with Gasteiger partial charge in [-0.05, 0) is 42.4 Å². The zero-order valence-corrected chi connectivity index (χ0v) is 15.1. The average Bonchev–Trinajstić information content (AvgIpc) is 3.03. The number of nitro benzene ring substituents is 1. The van der Waals surface area contributed by atoms with Gasteiger partial charge in [0.25, 0.3) is 5.69 Å². The highest BCUT2D eigenvalue weighted by molar-refractivity contribution is 5.85. The fourth-order valence-electron chi connectivity index (χ4n) is 4.49. The van der Waals surface area contributed by atoms with Crippen LogP contribution in [0.5, 0.6) is 0 Å². The molecule has 1 N–H and O–H groups in total. The first-order chi connectivity index (χ1) is 13.0. The van der Waals surface area contributed by atoms with Gasteiger partial charge in [0.1, 0.15) is 11.5 Å². The van der Waals surface area contributed by atoms with Gasteiger partial charge < -0.3 is 4.42 Å². The standard InChI is InChI=1S/C20H21N3O4/c1-20-11-5-4-7-15(20)18(20)19(24)22-21-12-13-9-10-17(27-13)14-6-2-3-8-16(14)23(25)26/h2-3,6,8-10,12,15,18H,4-5,7,11H2,1H3,(H,22,24)/b21-12-/t15-,18+,20+/m1/s1. The number of hydrazone groups is 1. The van der Waals surface area contributed by atoms with E-state index in [2.05, 4.69) is 17.5 Å². The zero-order chi connectivity index (χ0) is 19.0. The summed E-state index contributed by atoms with van der Waals surface area (Å²) in [4.78, 5) is 23.1. The van der Waals surface area contributed by atoms with Gasteiger partial charge in [-0.1, -0.05) is 31.9 Å². The summed E-state index contributed by atoms with van der Waals surface area (Å²) in [6, 6.07) is 9.71. The van der Waals surface area contributed by atoms with E-state index in [0.29, 0.717) is 23.0 Å². The summed E-state index contributed by atoms with van der Waals surface area (Å²) in [6.45, 7) is 2.19. The van der Waals surface area contributed by atoms with E-state index in [0.717, 1.165) is 12.8 Å². The normalized spacial score (nSPS) is 26.6. The Balaban J connectivity index is 1.42. The molecule has 0 spiro atoms. The number of para-hydroxylation sites is 1. The number of fused-ring (bicyclic) bond motifs is 1. The van der Waals surface area contributed by atoms with Gasteiger partial charge in [0.2, 0.25) is 5.91 Å². The number of furan rings is 1. The van der Waals surface area contributed by atoms with Gasteiger partial charge >= 0.3 is 0 Å². The third kappa shape index (κ3) is 3.13. The minimum absolute atomic E-state index is 0.0202. The lowest BCUT2D eigenvalue weighted by Crippen LogP contribution is -2.22. The van der Waals surface area contributed by atoms with Gasteiger partial charge in [-0.2, -0.15) is 5.10 Å². The van der Waals surface area contributed by atoms with Gasteiger partial charge in [0, 0.05) is 12.0 Å². The van der Waals surface area contributed by atoms with Gasteiger partial charge in [0.15, 0.2) is 0 Å². The molecule has 27 heavy (non-hydrogen) atoms. The molecule has 1 amide bonds. The van der Waals surface area contributed by atoms with Crippen LogP contribution >= 0.6 is 0 Å². The molecule has 7 heteroatoms. The lowest BCUT2D eigenvalue weighted by molar-refractivity contribution is -0.384. The monoisotopic (exact) mass is 367 g/mol. The molecule has 4 rings (SSSR count). The van der Waals surface area contributed by atoms with Crippen LogP contribution in [0.4, 0.5) is 5.69 Å². The molecule has 2 aliphatic rings. The maximum atomic E-state index is 12.4. The van der Waals surface area contributed by atoms with E-state index in [1.54, 1.807) is 30.3 Å². The van der Waals surface area contributed by atoms with Crippen LogP contribution < -0.4 is 5.43 Å². The number of hydrogen-bond acceptors (Lipinski definition) is 5. The molecule has 2 aliphatic carbocycles. The Morgan fingerprint density at radius 3 is 2.89 bits per heavy atom. The first-order valence-electron chi connectivity index (χ1n) is 9.17. The van der Waals surface area contributed by atoms with Crippen molar-refractivity contribution >= 4 is 17.8 Å². The van der Waals surface area contributed by atoms with Crippen LogP contribution in [0.1, 0.15) is 38.4 Å². The van der Waals surface area contributed by atoms with E-state index in [1.807, 2.05) is 0 Å². The Morgan fingerprint density at radius 2 is 2.15 bits per heavy atom. The smallest absolute Gasteiger partial charge is 0.280 e. The molecule has 0 radical (unpaired) electrons. The Morgan fingerprint density at radius 1 is 1.33 bits per heavy atom. The quantitative estimate of drug-likeness (QED) is 0.488. The van der Waals surface area contributed by atoms with Crippen molar-refractivity contribution in [3.05, 3.63) is 52.3 Å². The molecule has 2 saturated carbocycles. The largest absolute Gasteiger partial charge is 0.455 e. The van der Waals surface area contributed by atoms with Crippen LogP contribution in [0, 0.1) is 27.4 Å². The van der Waals surface area contributed by atoms with Crippen molar-refractivity contribution in [1.82, 2.24) is 5.43 Å². The predicted molar refractivity (Wildman–Crippen MR) is 100 cm³/mol. The molecule has 1 aromatic carbocycles. The summed E-state index contributed by atoms with van der Waals surface area (Å²) in [5, 5.41) is 15.1. The topological polar surface area (TPSA) is 97.7 Å². The van der Waals surface area contributed by atoms with Crippen molar-refractivity contribution in [1.29, 1.82) is 0 Å². The fourth-order valence-corrected chi connectivity index (χ4v) is 4.49. The Bertz CT molecular complexity index is 919. The molecular weight excluding hydrogens is 346 g/mol. The van der Waals surface area contributed by atoms with Crippen LogP contribution in [0.2, 0.25) is 0 Å². The molecule has 140 valence electrons. The van der Waals surface area contributed by atoms with Crippen molar-refractivity contribution in [3.8, 4) is 11.3 Å². The number of carbonyl (C=O) groups is 1. The van der Waals surface area contributed by atoms with Crippen LogP contribution in [0.25, 0.3) is 11.3 Å². The second kappa shape index (κ2) is 6.64. The minimum Gasteiger partial charge on any atom is -0.455 e. The second-order valence-corrected chi connectivity index (χ2v) is 7.55. The van der Waals surface area contributed by atoms with E-state index in [-0.39, 0.29) is 22.9 Å². The maximum Gasteiger partial charge on any atom is 0.280 e. The molecule has 1 aromatic heterocycles. The van der Waals surface area contributed by atoms with E-state index >= 15 is 0 Å². The first-order valence-corrected chi connectivity index (χ1v) is 9.17. The second-order valence-electron chi connectivity index (χ2n) is 7.55. The fraction of sp³-hybridized carbons (Fsp3) is 0.400. The van der Waals surface area contributed by atoms with E-state index < -0.39 is 4.92 Å². The van der Waals surface area contributed by atoms with Crippen LogP contribution in [-0.2, 0) is 4.79 Å². The highest BCUT2D eigenvalue weighted by Gasteiger charge is 2.64. The zero-order valence-electron chi connectivity index (χ0n) is 15.1. The van der Waals surface area contributed by atoms with Gasteiger partial charge in [-0.25, -0.2) is 5.43 Å². The van der Waals surface area contributed by atoms with Crippen LogP contribution in [-0.4, -0.2) is 17.0 Å². The molecule has 3 atom stereocenters. The molecule has 0 saturated heterocycles. The van der Waals surface area contributed by atoms with Crippen molar-refractivity contribution < 1.29 is 14.1 Å². The molecule has 2 aromatic rings. The number of hydrogen-bond donors (Lipinski definition) is 1. The van der Waals surface area contributed by atoms with Gasteiger partial charge in [0.05, 0.1) is 16.7 Å². The van der Waals surface area contributed by atoms with E-state index in [9.17, 15) is 14.9 Å². The summed E-state index contributed by atoms with van der Waals surface area (Å²) < 4.78 is 5.63. The molecule has 7 nitrogen and oxygen atoms in total. The van der Waals surface area contributed by atoms with E-state index in [1.165, 1.54) is 25.1 Å². The number of nitro groups is 1. The van der Waals surface area contributed by atoms with Crippen molar-refractivity contribution in [2.45, 2.75) is 32.6 Å². The third-order valence-electron chi connectivity index (χ3n) is 5.97. The van der Waals surface area contributed by atoms with Crippen molar-refractivity contribution in [2.75, 3.05) is 0 Å². The lowest BCUT2D eigenvalue weighted by Gasteiger charge is -2.15. The van der Waals surface area contributed by atoms with Crippen molar-refractivity contribution in [2.24, 2.45) is 22.4 Å². The average molecular weight is 367 g/mol. The summed E-state index contributed by atoms with van der Waals surface area (Å²) in [6.07, 6.45) is 6.05. The highest BCUT2D eigenvalue weighted by Crippen LogP contribution is 2.66. The Labute approximate surface area is 156 Å². The SMILES string of the molecule is C[C@]12CCCC[C@@H]1[C@H]2C(=O)N/N=C\c1ccc(-c2ccccc2[N+](=O)[O-])o1. The first kappa shape index (κ1) is 17.5. The number of nitrogens with one attached hydrogen (secondary N) is 1. The van der Waals surface area contributed by atoms with Crippen molar-refractivity contribution in [3.63, 3.8) is 0 Å². The molecule has 0 bridgehead atoms. The highest BCUT2D eigenvalue weighted by atomic mass is 16.6. The van der Waals surface area contributed by atoms with Crippen LogP contribution in [0.3, 0.4) is 0 Å². The summed E-state index contributed by atoms with van der Waals surface area (Å²) in [7, 11) is 0. The number of nitrogens with zero attached hydrogens (tertiary/aromatic N) is 2. The van der Waals surface area contributed by atoms with Crippen LogP contribution in [0.15, 0.2) is 45.9 Å². The lowest BCUT2D eigenvalue weighted by atomic mass is 9.90. The summed E-state index contributed by atoms with van der Waals surface area (Å²) >= 11 is 0. The van der Waals surface area contributed by atoms with E-state index in [4.69, 9.17) is 4.42 Å².